The van der Waals surface area contributed by atoms with E-state index in [1.807, 2.05) is 0 Å². The van der Waals surface area contributed by atoms with Crippen molar-refractivity contribution < 1.29 is 18.3 Å². The molecule has 0 atom stereocenters. The monoisotopic (exact) mass is 375 g/mol. The van der Waals surface area contributed by atoms with E-state index in [0.717, 1.165) is 12.1 Å². The maximum atomic E-state index is 13.9. The van der Waals surface area contributed by atoms with Gasteiger partial charge in [-0.1, -0.05) is 6.07 Å². The van der Waals surface area contributed by atoms with Crippen LogP contribution in [0.1, 0.15) is 6.42 Å². The second kappa shape index (κ2) is 8.45. The van der Waals surface area contributed by atoms with Gasteiger partial charge in [0.1, 0.15) is 5.82 Å². The molecule has 0 aliphatic carbocycles. The molecule has 3 N–H and O–H groups in total. The topological polar surface area (TPSA) is 83.0 Å². The standard InChI is InChI=1S/C18H16F3N5O/c19-11-5-6-13(17(21)16(11)20)24-15-10-14(12-4-1-2-7-22-12)25-18(26-15)23-8-3-9-27/h1-2,4-7,10,27H,3,8-9H2,(H2,23,24,25,26). The number of aromatic nitrogens is 3. The number of rotatable bonds is 7. The lowest BCUT2D eigenvalue weighted by Crippen LogP contribution is -2.09. The number of hydrogen-bond donors (Lipinski definition) is 3. The lowest BCUT2D eigenvalue weighted by atomic mass is 10.2. The van der Waals surface area contributed by atoms with Crippen molar-refractivity contribution >= 4 is 17.5 Å². The van der Waals surface area contributed by atoms with Crippen LogP contribution < -0.4 is 10.6 Å². The molecule has 3 aromatic rings. The first-order valence-electron chi connectivity index (χ1n) is 8.14. The minimum absolute atomic E-state index is 0.00188. The van der Waals surface area contributed by atoms with E-state index in [2.05, 4.69) is 25.6 Å². The summed E-state index contributed by atoms with van der Waals surface area (Å²) < 4.78 is 40.5. The third-order valence-corrected chi connectivity index (χ3v) is 3.57. The van der Waals surface area contributed by atoms with Crippen LogP contribution in [0.2, 0.25) is 0 Å². The predicted octanol–water partition coefficient (Wildman–Crippen LogP) is 3.49. The van der Waals surface area contributed by atoms with Crippen molar-refractivity contribution in [1.82, 2.24) is 15.0 Å². The van der Waals surface area contributed by atoms with Gasteiger partial charge in [0.05, 0.1) is 17.1 Å². The highest BCUT2D eigenvalue weighted by Gasteiger charge is 2.15. The normalized spacial score (nSPS) is 10.7. The number of nitrogens with one attached hydrogen (secondary N) is 2. The van der Waals surface area contributed by atoms with Crippen LogP contribution in [0, 0.1) is 17.5 Å². The molecule has 9 heteroatoms. The molecule has 140 valence electrons. The maximum Gasteiger partial charge on any atom is 0.225 e. The summed E-state index contributed by atoms with van der Waals surface area (Å²) in [5.41, 5.74) is 0.738. The van der Waals surface area contributed by atoms with E-state index in [4.69, 9.17) is 5.11 Å². The minimum atomic E-state index is -1.57. The Balaban J connectivity index is 1.96. The fourth-order valence-electron chi connectivity index (χ4n) is 2.28. The Morgan fingerprint density at radius 2 is 1.81 bits per heavy atom. The molecule has 0 fully saturated rings. The second-order valence-corrected chi connectivity index (χ2v) is 5.53. The molecule has 0 aliphatic heterocycles. The molecule has 0 unspecified atom stereocenters. The largest absolute Gasteiger partial charge is 0.396 e. The van der Waals surface area contributed by atoms with Crippen molar-refractivity contribution in [3.63, 3.8) is 0 Å². The van der Waals surface area contributed by atoms with Gasteiger partial charge >= 0.3 is 0 Å². The van der Waals surface area contributed by atoms with Gasteiger partial charge in [-0.05, 0) is 30.7 Å². The highest BCUT2D eigenvalue weighted by molar-refractivity contribution is 5.65. The van der Waals surface area contributed by atoms with E-state index in [1.54, 1.807) is 24.4 Å². The number of aliphatic hydroxyl groups is 1. The summed E-state index contributed by atoms with van der Waals surface area (Å²) in [5.74, 6) is -3.80. The van der Waals surface area contributed by atoms with E-state index in [-0.39, 0.29) is 24.1 Å². The van der Waals surface area contributed by atoms with Gasteiger partial charge in [0.15, 0.2) is 17.5 Å². The molecule has 2 heterocycles. The zero-order chi connectivity index (χ0) is 19.2. The summed E-state index contributed by atoms with van der Waals surface area (Å²) in [5, 5.41) is 14.5. The van der Waals surface area contributed by atoms with Crippen LogP contribution in [-0.2, 0) is 0 Å². The van der Waals surface area contributed by atoms with Crippen LogP contribution in [0.25, 0.3) is 11.4 Å². The molecular formula is C18H16F3N5O. The number of halogens is 3. The Morgan fingerprint density at radius 1 is 0.963 bits per heavy atom. The van der Waals surface area contributed by atoms with E-state index in [9.17, 15) is 13.2 Å². The summed E-state index contributed by atoms with van der Waals surface area (Å²) in [7, 11) is 0. The van der Waals surface area contributed by atoms with Gasteiger partial charge in [0.2, 0.25) is 5.95 Å². The van der Waals surface area contributed by atoms with Crippen LogP contribution in [0.5, 0.6) is 0 Å². The van der Waals surface area contributed by atoms with E-state index in [1.165, 1.54) is 6.07 Å². The highest BCUT2D eigenvalue weighted by Crippen LogP contribution is 2.25. The molecule has 0 radical (unpaired) electrons. The quantitative estimate of drug-likeness (QED) is 0.433. The average Bonchev–Trinajstić information content (AvgIpc) is 2.69. The molecule has 0 amide bonds. The summed E-state index contributed by atoms with van der Waals surface area (Å²) in [4.78, 5) is 12.7. The van der Waals surface area contributed by atoms with Gasteiger partial charge < -0.3 is 15.7 Å². The minimum Gasteiger partial charge on any atom is -0.396 e. The number of nitrogens with zero attached hydrogens (tertiary/aromatic N) is 3. The first kappa shape index (κ1) is 18.6. The van der Waals surface area contributed by atoms with Crippen molar-refractivity contribution in [1.29, 1.82) is 0 Å². The molecule has 3 rings (SSSR count). The van der Waals surface area contributed by atoms with Crippen LogP contribution >= 0.6 is 0 Å². The third-order valence-electron chi connectivity index (χ3n) is 3.57. The molecular weight excluding hydrogens is 359 g/mol. The van der Waals surface area contributed by atoms with Gasteiger partial charge in [-0.15, -0.1) is 0 Å². The fraction of sp³-hybridized carbons (Fsp3) is 0.167. The molecule has 6 nitrogen and oxygen atoms in total. The number of hydrogen-bond acceptors (Lipinski definition) is 6. The van der Waals surface area contributed by atoms with Crippen molar-refractivity contribution in [3.05, 3.63) is 60.0 Å². The van der Waals surface area contributed by atoms with E-state index >= 15 is 0 Å². The fourth-order valence-corrected chi connectivity index (χ4v) is 2.28. The third kappa shape index (κ3) is 4.50. The average molecular weight is 375 g/mol. The molecule has 0 aliphatic rings. The highest BCUT2D eigenvalue weighted by atomic mass is 19.2. The van der Waals surface area contributed by atoms with Crippen LogP contribution in [-0.4, -0.2) is 33.2 Å². The van der Waals surface area contributed by atoms with Crippen LogP contribution in [0.15, 0.2) is 42.6 Å². The first-order chi connectivity index (χ1) is 13.1. The van der Waals surface area contributed by atoms with Gasteiger partial charge in [0.25, 0.3) is 0 Å². The number of benzene rings is 1. The molecule has 27 heavy (non-hydrogen) atoms. The zero-order valence-corrected chi connectivity index (χ0v) is 14.1. The van der Waals surface area contributed by atoms with Gasteiger partial charge in [-0.2, -0.15) is 4.98 Å². The van der Waals surface area contributed by atoms with Crippen molar-refractivity contribution in [2.75, 3.05) is 23.8 Å². The Kier molecular flexibility index (Phi) is 5.82. The molecule has 0 saturated carbocycles. The summed E-state index contributed by atoms with van der Waals surface area (Å²) >= 11 is 0. The van der Waals surface area contributed by atoms with Crippen LogP contribution in [0.4, 0.5) is 30.6 Å². The Hall–Kier alpha value is -3.20. The number of pyridine rings is 1. The Bertz CT molecular complexity index is 924. The lowest BCUT2D eigenvalue weighted by Gasteiger charge is -2.12. The Labute approximate surface area is 153 Å². The van der Waals surface area contributed by atoms with Crippen LogP contribution in [0.3, 0.4) is 0 Å². The molecule has 2 aromatic heterocycles. The van der Waals surface area contributed by atoms with Gasteiger partial charge in [0, 0.05) is 25.4 Å². The van der Waals surface area contributed by atoms with E-state index in [0.29, 0.717) is 24.4 Å². The second-order valence-electron chi connectivity index (χ2n) is 5.53. The SMILES string of the molecule is OCCCNc1nc(Nc2ccc(F)c(F)c2F)cc(-c2ccccn2)n1. The predicted molar refractivity (Wildman–Crippen MR) is 95.1 cm³/mol. The number of aliphatic hydroxyl groups excluding tert-OH is 1. The molecule has 0 spiro atoms. The summed E-state index contributed by atoms with van der Waals surface area (Å²) in [6.45, 7) is 0.416. The lowest BCUT2D eigenvalue weighted by molar-refractivity contribution is 0.292. The summed E-state index contributed by atoms with van der Waals surface area (Å²) in [6.07, 6.45) is 2.08. The van der Waals surface area contributed by atoms with E-state index < -0.39 is 17.5 Å². The molecule has 0 bridgehead atoms. The smallest absolute Gasteiger partial charge is 0.225 e. The molecule has 1 aromatic carbocycles. The van der Waals surface area contributed by atoms with Gasteiger partial charge in [-0.25, -0.2) is 18.2 Å². The summed E-state index contributed by atoms with van der Waals surface area (Å²) in [6, 6.07) is 8.69. The molecule has 0 saturated heterocycles. The van der Waals surface area contributed by atoms with Crippen molar-refractivity contribution in [2.45, 2.75) is 6.42 Å². The van der Waals surface area contributed by atoms with Gasteiger partial charge in [-0.3, -0.25) is 4.98 Å². The van der Waals surface area contributed by atoms with Crippen molar-refractivity contribution in [3.8, 4) is 11.4 Å². The Morgan fingerprint density at radius 3 is 2.56 bits per heavy atom. The zero-order valence-electron chi connectivity index (χ0n) is 14.1. The first-order valence-corrected chi connectivity index (χ1v) is 8.14. The van der Waals surface area contributed by atoms with Crippen molar-refractivity contribution in [2.24, 2.45) is 0 Å². The maximum absolute atomic E-state index is 13.9. The number of anilines is 3.